The van der Waals surface area contributed by atoms with Gasteiger partial charge in [-0.25, -0.2) is 0 Å². The lowest BCUT2D eigenvalue weighted by Gasteiger charge is -2.09. The van der Waals surface area contributed by atoms with Crippen LogP contribution in [0.25, 0.3) is 0 Å². The molecule has 0 atom stereocenters. The molecule has 2 rings (SSSR count). The second-order valence-corrected chi connectivity index (χ2v) is 4.24. The van der Waals surface area contributed by atoms with Gasteiger partial charge in [0.25, 0.3) is 0 Å². The summed E-state index contributed by atoms with van der Waals surface area (Å²) in [4.78, 5) is 11.8. The highest BCUT2D eigenvalue weighted by Crippen LogP contribution is 2.25. The van der Waals surface area contributed by atoms with Gasteiger partial charge in [-0.05, 0) is 49.6 Å². The molecular weight excluding hydrogens is 266 g/mol. The largest absolute Gasteiger partial charge is 0.464 e. The highest BCUT2D eigenvalue weighted by molar-refractivity contribution is 6.28. The molecule has 19 heavy (non-hydrogen) atoms. The van der Waals surface area contributed by atoms with Crippen molar-refractivity contribution in [2.45, 2.75) is 20.8 Å². The summed E-state index contributed by atoms with van der Waals surface area (Å²) in [7, 11) is 0. The highest BCUT2D eigenvalue weighted by atomic mass is 35.5. The van der Waals surface area contributed by atoms with Gasteiger partial charge in [0, 0.05) is 0 Å². The Morgan fingerprint density at radius 3 is 2.58 bits per heavy atom. The van der Waals surface area contributed by atoms with Crippen LogP contribution in [0.3, 0.4) is 0 Å². The Labute approximate surface area is 116 Å². The number of aryl methyl sites for hydroxylation is 1. The average Bonchev–Trinajstić information content (AvgIpc) is 2.35. The molecule has 0 spiro atoms. The number of hydrogen-bond acceptors (Lipinski definition) is 5. The Kier molecular flexibility index (Phi) is 4.16. The molecule has 0 fully saturated rings. The van der Waals surface area contributed by atoms with Gasteiger partial charge in [-0.15, -0.1) is 4.98 Å². The average molecular weight is 280 g/mol. The normalized spacial score (nSPS) is 10.3. The molecular formula is C13H14ClN3O2. The number of benzene rings is 1. The highest BCUT2D eigenvalue weighted by Gasteiger charge is 2.10. The van der Waals surface area contributed by atoms with E-state index in [1.54, 1.807) is 0 Å². The molecule has 1 aromatic heterocycles. The maximum absolute atomic E-state index is 5.80. The van der Waals surface area contributed by atoms with E-state index in [0.29, 0.717) is 12.4 Å². The molecule has 0 unspecified atom stereocenters. The Morgan fingerprint density at radius 1 is 1.11 bits per heavy atom. The first-order chi connectivity index (χ1) is 9.10. The molecule has 0 saturated heterocycles. The van der Waals surface area contributed by atoms with Crippen molar-refractivity contribution in [2.75, 3.05) is 6.61 Å². The van der Waals surface area contributed by atoms with Gasteiger partial charge in [0.2, 0.25) is 5.28 Å². The molecule has 0 amide bonds. The Morgan fingerprint density at radius 2 is 1.84 bits per heavy atom. The van der Waals surface area contributed by atoms with Crippen LogP contribution in [0.1, 0.15) is 18.1 Å². The maximum Gasteiger partial charge on any atom is 0.329 e. The van der Waals surface area contributed by atoms with Crippen LogP contribution < -0.4 is 9.47 Å². The molecule has 0 aliphatic carbocycles. The van der Waals surface area contributed by atoms with Gasteiger partial charge in [0.1, 0.15) is 5.75 Å². The molecule has 0 aliphatic heterocycles. The van der Waals surface area contributed by atoms with Crippen LogP contribution in [0.2, 0.25) is 5.28 Å². The first kappa shape index (κ1) is 13.5. The van der Waals surface area contributed by atoms with Crippen LogP contribution in [-0.4, -0.2) is 21.6 Å². The SMILES string of the molecule is CCOc1nc(Cl)nc(Oc2cccc(C)c2C)n1. The lowest BCUT2D eigenvalue weighted by atomic mass is 10.1. The van der Waals surface area contributed by atoms with Crippen molar-refractivity contribution in [3.05, 3.63) is 34.6 Å². The quantitative estimate of drug-likeness (QED) is 0.859. The van der Waals surface area contributed by atoms with E-state index in [-0.39, 0.29) is 17.3 Å². The fourth-order valence-electron chi connectivity index (χ4n) is 1.49. The van der Waals surface area contributed by atoms with E-state index >= 15 is 0 Å². The second kappa shape index (κ2) is 5.84. The Hall–Kier alpha value is -1.88. The molecule has 0 aliphatic rings. The zero-order valence-electron chi connectivity index (χ0n) is 11.0. The van der Waals surface area contributed by atoms with Crippen molar-refractivity contribution >= 4 is 11.6 Å². The predicted octanol–water partition coefficient (Wildman–Crippen LogP) is 3.33. The van der Waals surface area contributed by atoms with E-state index in [1.165, 1.54) is 0 Å². The van der Waals surface area contributed by atoms with E-state index in [2.05, 4.69) is 15.0 Å². The molecule has 0 radical (unpaired) electrons. The van der Waals surface area contributed by atoms with E-state index < -0.39 is 0 Å². The van der Waals surface area contributed by atoms with Crippen LogP contribution in [0, 0.1) is 13.8 Å². The molecule has 0 N–H and O–H groups in total. The third kappa shape index (κ3) is 3.32. The van der Waals surface area contributed by atoms with Gasteiger partial charge in [-0.3, -0.25) is 0 Å². The van der Waals surface area contributed by atoms with E-state index in [9.17, 15) is 0 Å². The van der Waals surface area contributed by atoms with Crippen LogP contribution in [-0.2, 0) is 0 Å². The van der Waals surface area contributed by atoms with Crippen molar-refractivity contribution < 1.29 is 9.47 Å². The van der Waals surface area contributed by atoms with E-state index in [4.69, 9.17) is 21.1 Å². The molecule has 2 aromatic rings. The third-order valence-corrected chi connectivity index (χ3v) is 2.77. The van der Waals surface area contributed by atoms with E-state index in [0.717, 1.165) is 11.1 Å². The molecule has 1 heterocycles. The van der Waals surface area contributed by atoms with Gasteiger partial charge in [0.05, 0.1) is 6.61 Å². The topological polar surface area (TPSA) is 57.1 Å². The van der Waals surface area contributed by atoms with Gasteiger partial charge in [-0.2, -0.15) is 9.97 Å². The van der Waals surface area contributed by atoms with Crippen LogP contribution in [0.4, 0.5) is 0 Å². The fraction of sp³-hybridized carbons (Fsp3) is 0.308. The molecule has 0 saturated carbocycles. The summed E-state index contributed by atoms with van der Waals surface area (Å²) >= 11 is 5.80. The summed E-state index contributed by atoms with van der Waals surface area (Å²) in [6.07, 6.45) is 0. The standard InChI is InChI=1S/C13H14ClN3O2/c1-4-18-12-15-11(14)16-13(17-12)19-10-7-5-6-8(2)9(10)3/h5-7H,4H2,1-3H3. The van der Waals surface area contributed by atoms with Gasteiger partial charge >= 0.3 is 12.0 Å². The minimum absolute atomic E-state index is 0.0405. The minimum atomic E-state index is 0.0405. The van der Waals surface area contributed by atoms with Crippen LogP contribution >= 0.6 is 11.6 Å². The summed E-state index contributed by atoms with van der Waals surface area (Å²) in [6.45, 7) is 6.26. The molecule has 100 valence electrons. The van der Waals surface area contributed by atoms with Crippen molar-refractivity contribution in [1.29, 1.82) is 0 Å². The maximum atomic E-state index is 5.80. The molecule has 0 bridgehead atoms. The van der Waals surface area contributed by atoms with Crippen molar-refractivity contribution in [3.8, 4) is 17.8 Å². The Balaban J connectivity index is 2.30. The van der Waals surface area contributed by atoms with Gasteiger partial charge < -0.3 is 9.47 Å². The van der Waals surface area contributed by atoms with Crippen molar-refractivity contribution in [1.82, 2.24) is 15.0 Å². The molecule has 1 aromatic carbocycles. The van der Waals surface area contributed by atoms with Crippen LogP contribution in [0.15, 0.2) is 18.2 Å². The Bertz CT molecular complexity index is 590. The second-order valence-electron chi connectivity index (χ2n) is 3.90. The molecule has 5 nitrogen and oxygen atoms in total. The number of nitrogens with zero attached hydrogens (tertiary/aromatic N) is 3. The van der Waals surface area contributed by atoms with Gasteiger partial charge in [0.15, 0.2) is 0 Å². The summed E-state index contributed by atoms with van der Waals surface area (Å²) in [5.41, 5.74) is 2.15. The van der Waals surface area contributed by atoms with Crippen molar-refractivity contribution in [2.24, 2.45) is 0 Å². The lowest BCUT2D eigenvalue weighted by molar-refractivity contribution is 0.303. The summed E-state index contributed by atoms with van der Waals surface area (Å²) in [5, 5.41) is 0.0405. The first-order valence-electron chi connectivity index (χ1n) is 5.88. The van der Waals surface area contributed by atoms with Crippen molar-refractivity contribution in [3.63, 3.8) is 0 Å². The smallest absolute Gasteiger partial charge is 0.329 e. The number of halogens is 1. The number of aromatic nitrogens is 3. The predicted molar refractivity (Wildman–Crippen MR) is 72.0 cm³/mol. The monoisotopic (exact) mass is 279 g/mol. The number of ether oxygens (including phenoxy) is 2. The zero-order valence-corrected chi connectivity index (χ0v) is 11.7. The minimum Gasteiger partial charge on any atom is -0.464 e. The zero-order chi connectivity index (χ0) is 13.8. The summed E-state index contributed by atoms with van der Waals surface area (Å²) in [5.74, 6) is 0.685. The fourth-order valence-corrected chi connectivity index (χ4v) is 1.63. The summed E-state index contributed by atoms with van der Waals surface area (Å²) < 4.78 is 10.8. The first-order valence-corrected chi connectivity index (χ1v) is 6.26. The number of hydrogen-bond donors (Lipinski definition) is 0. The van der Waals surface area contributed by atoms with Gasteiger partial charge in [-0.1, -0.05) is 12.1 Å². The molecule has 6 heteroatoms. The van der Waals surface area contributed by atoms with Crippen LogP contribution in [0.5, 0.6) is 17.8 Å². The number of rotatable bonds is 4. The third-order valence-electron chi connectivity index (χ3n) is 2.60. The summed E-state index contributed by atoms with van der Waals surface area (Å²) in [6, 6.07) is 6.04. The lowest BCUT2D eigenvalue weighted by Crippen LogP contribution is -2.02. The van der Waals surface area contributed by atoms with E-state index in [1.807, 2.05) is 39.0 Å².